The maximum Gasteiger partial charge on any atom is 0.262 e. The van der Waals surface area contributed by atoms with Crippen molar-refractivity contribution in [1.29, 1.82) is 0 Å². The van der Waals surface area contributed by atoms with Gasteiger partial charge in [-0.2, -0.15) is 0 Å². The number of ether oxygens (including phenoxy) is 2. The number of carbonyl (C=O) groups is 1. The summed E-state index contributed by atoms with van der Waals surface area (Å²) in [5, 5.41) is 3.63. The Balaban J connectivity index is 1.98. The van der Waals surface area contributed by atoms with Gasteiger partial charge >= 0.3 is 0 Å². The number of hydrogen-bond donors (Lipinski definition) is 1. The number of anilines is 1. The van der Waals surface area contributed by atoms with Crippen molar-refractivity contribution < 1.29 is 14.3 Å². The molecule has 0 bridgehead atoms. The van der Waals surface area contributed by atoms with E-state index in [1.807, 2.05) is 12.1 Å². The van der Waals surface area contributed by atoms with Gasteiger partial charge in [-0.05, 0) is 52.9 Å². The first kappa shape index (κ1) is 17.2. The van der Waals surface area contributed by atoms with Crippen LogP contribution in [0.2, 0.25) is 10.0 Å². The first-order valence-electron chi connectivity index (χ1n) is 6.21. The highest BCUT2D eigenvalue weighted by Crippen LogP contribution is 2.28. The van der Waals surface area contributed by atoms with E-state index in [-0.39, 0.29) is 12.5 Å². The Morgan fingerprint density at radius 1 is 1.23 bits per heavy atom. The molecule has 7 heteroatoms. The summed E-state index contributed by atoms with van der Waals surface area (Å²) in [6.45, 7) is -0.158. The van der Waals surface area contributed by atoms with Gasteiger partial charge < -0.3 is 14.8 Å². The zero-order valence-electron chi connectivity index (χ0n) is 11.5. The van der Waals surface area contributed by atoms with Crippen LogP contribution in [0.4, 0.5) is 5.69 Å². The normalized spacial score (nSPS) is 10.2. The van der Waals surface area contributed by atoms with E-state index < -0.39 is 0 Å². The van der Waals surface area contributed by atoms with Crippen LogP contribution in [0.15, 0.2) is 36.4 Å². The molecule has 2 aromatic rings. The van der Waals surface area contributed by atoms with Gasteiger partial charge in [0.05, 0.1) is 17.8 Å². The Bertz CT molecular complexity index is 694. The summed E-state index contributed by atoms with van der Waals surface area (Å²) in [6.07, 6.45) is 0. The molecule has 2 rings (SSSR count). The highest BCUT2D eigenvalue weighted by Gasteiger charge is 2.09. The molecular formula is C15H12Cl2INO3. The highest BCUT2D eigenvalue weighted by atomic mass is 127. The first-order chi connectivity index (χ1) is 10.5. The second kappa shape index (κ2) is 7.89. The van der Waals surface area contributed by atoms with Crippen molar-refractivity contribution in [3.8, 4) is 11.5 Å². The number of methoxy groups -OCH3 is 1. The van der Waals surface area contributed by atoms with Gasteiger partial charge in [0.2, 0.25) is 0 Å². The smallest absolute Gasteiger partial charge is 0.262 e. The third-order valence-electron chi connectivity index (χ3n) is 2.70. The molecule has 0 saturated heterocycles. The molecule has 2 aromatic carbocycles. The molecule has 22 heavy (non-hydrogen) atoms. The molecule has 4 nitrogen and oxygen atoms in total. The Kier molecular flexibility index (Phi) is 6.16. The van der Waals surface area contributed by atoms with E-state index in [1.54, 1.807) is 31.4 Å². The van der Waals surface area contributed by atoms with E-state index >= 15 is 0 Å². The Morgan fingerprint density at radius 2 is 2.00 bits per heavy atom. The Hall–Kier alpha value is -1.18. The van der Waals surface area contributed by atoms with E-state index in [4.69, 9.17) is 32.7 Å². The molecule has 0 saturated carbocycles. The average molecular weight is 452 g/mol. The van der Waals surface area contributed by atoms with Crippen LogP contribution in [0.3, 0.4) is 0 Å². The van der Waals surface area contributed by atoms with Gasteiger partial charge in [0.1, 0.15) is 11.5 Å². The lowest BCUT2D eigenvalue weighted by molar-refractivity contribution is -0.118. The number of halogens is 3. The quantitative estimate of drug-likeness (QED) is 0.674. The summed E-state index contributed by atoms with van der Waals surface area (Å²) in [6, 6.07) is 10.2. The van der Waals surface area contributed by atoms with Crippen LogP contribution in [-0.2, 0) is 4.79 Å². The van der Waals surface area contributed by atoms with Gasteiger partial charge in [-0.15, -0.1) is 0 Å². The summed E-state index contributed by atoms with van der Waals surface area (Å²) in [5.41, 5.74) is 0.663. The number of benzene rings is 2. The van der Waals surface area contributed by atoms with Crippen molar-refractivity contribution in [3.63, 3.8) is 0 Å². The van der Waals surface area contributed by atoms with Crippen LogP contribution in [0.5, 0.6) is 11.5 Å². The van der Waals surface area contributed by atoms with Crippen LogP contribution >= 0.6 is 45.8 Å². The van der Waals surface area contributed by atoms with E-state index in [0.29, 0.717) is 27.2 Å². The maximum absolute atomic E-state index is 12.0. The van der Waals surface area contributed by atoms with Crippen molar-refractivity contribution in [2.75, 3.05) is 19.0 Å². The fourth-order valence-corrected chi connectivity index (χ4v) is 2.58. The van der Waals surface area contributed by atoms with E-state index in [1.165, 1.54) is 0 Å². The highest BCUT2D eigenvalue weighted by molar-refractivity contribution is 14.1. The first-order valence-corrected chi connectivity index (χ1v) is 8.04. The molecule has 1 amide bonds. The van der Waals surface area contributed by atoms with E-state index in [2.05, 4.69) is 27.9 Å². The van der Waals surface area contributed by atoms with Crippen LogP contribution in [-0.4, -0.2) is 19.6 Å². The van der Waals surface area contributed by atoms with Crippen molar-refractivity contribution in [2.45, 2.75) is 0 Å². The summed E-state index contributed by atoms with van der Waals surface area (Å²) in [7, 11) is 1.57. The molecule has 1 N–H and O–H groups in total. The monoisotopic (exact) mass is 451 g/mol. The third-order valence-corrected chi connectivity index (χ3v) is 4.17. The average Bonchev–Trinajstić information content (AvgIpc) is 2.48. The lowest BCUT2D eigenvalue weighted by Gasteiger charge is -2.11. The predicted molar refractivity (Wildman–Crippen MR) is 96.3 cm³/mol. The van der Waals surface area contributed by atoms with Gasteiger partial charge in [0, 0.05) is 14.7 Å². The molecule has 116 valence electrons. The van der Waals surface area contributed by atoms with Crippen molar-refractivity contribution >= 4 is 57.4 Å². The van der Waals surface area contributed by atoms with Gasteiger partial charge in [0.25, 0.3) is 5.91 Å². The Labute approximate surface area is 151 Å². The number of amides is 1. The van der Waals surface area contributed by atoms with E-state index in [0.717, 1.165) is 3.57 Å². The third kappa shape index (κ3) is 4.66. The second-order valence-corrected chi connectivity index (χ2v) is 6.26. The lowest BCUT2D eigenvalue weighted by atomic mass is 10.3. The lowest BCUT2D eigenvalue weighted by Crippen LogP contribution is -2.20. The number of hydrogen-bond acceptors (Lipinski definition) is 3. The fourth-order valence-electron chi connectivity index (χ4n) is 1.65. The molecule has 0 heterocycles. The molecule has 0 aliphatic carbocycles. The summed E-state index contributed by atoms with van der Waals surface area (Å²) in [4.78, 5) is 12.0. The summed E-state index contributed by atoms with van der Waals surface area (Å²) >= 11 is 13.9. The maximum atomic E-state index is 12.0. The molecule has 0 aliphatic rings. The van der Waals surface area contributed by atoms with Gasteiger partial charge in [-0.1, -0.05) is 23.2 Å². The Morgan fingerprint density at radius 3 is 2.68 bits per heavy atom. The molecule has 0 aliphatic heterocycles. The van der Waals surface area contributed by atoms with Crippen LogP contribution < -0.4 is 14.8 Å². The van der Waals surface area contributed by atoms with Crippen LogP contribution in [0, 0.1) is 3.57 Å². The molecule has 0 unspecified atom stereocenters. The van der Waals surface area contributed by atoms with Gasteiger partial charge in [-0.25, -0.2) is 0 Å². The minimum absolute atomic E-state index is 0.158. The fraction of sp³-hybridized carbons (Fsp3) is 0.133. The predicted octanol–water partition coefficient (Wildman–Crippen LogP) is 4.62. The van der Waals surface area contributed by atoms with Gasteiger partial charge in [-0.3, -0.25) is 4.79 Å². The number of carbonyl (C=O) groups excluding carboxylic acids is 1. The second-order valence-electron chi connectivity index (χ2n) is 4.26. The van der Waals surface area contributed by atoms with Crippen LogP contribution in [0.25, 0.3) is 0 Å². The zero-order chi connectivity index (χ0) is 16.1. The standard InChI is InChI=1S/C15H12Cl2INO3/c1-21-10-3-4-12(18)13(7-10)19-15(20)8-22-14-5-2-9(16)6-11(14)17/h2-7H,8H2,1H3,(H,19,20). The zero-order valence-corrected chi connectivity index (χ0v) is 15.2. The van der Waals surface area contributed by atoms with Crippen molar-refractivity contribution in [3.05, 3.63) is 50.0 Å². The molecule has 0 atom stereocenters. The number of rotatable bonds is 5. The van der Waals surface area contributed by atoms with Crippen molar-refractivity contribution in [1.82, 2.24) is 0 Å². The van der Waals surface area contributed by atoms with Crippen LogP contribution in [0.1, 0.15) is 0 Å². The molecule has 0 spiro atoms. The summed E-state index contributed by atoms with van der Waals surface area (Å²) < 4.78 is 11.4. The topological polar surface area (TPSA) is 47.6 Å². The molecule has 0 aromatic heterocycles. The minimum Gasteiger partial charge on any atom is -0.497 e. The molecular weight excluding hydrogens is 440 g/mol. The van der Waals surface area contributed by atoms with Gasteiger partial charge in [0.15, 0.2) is 6.61 Å². The minimum atomic E-state index is -0.294. The van der Waals surface area contributed by atoms with Crippen molar-refractivity contribution in [2.24, 2.45) is 0 Å². The SMILES string of the molecule is COc1ccc(I)c(NC(=O)COc2ccc(Cl)cc2Cl)c1. The summed E-state index contributed by atoms with van der Waals surface area (Å²) in [5.74, 6) is 0.774. The van der Waals surface area contributed by atoms with E-state index in [9.17, 15) is 4.79 Å². The molecule has 0 radical (unpaired) electrons. The molecule has 0 fully saturated rings. The number of nitrogens with one attached hydrogen (secondary N) is 1. The largest absolute Gasteiger partial charge is 0.497 e.